The van der Waals surface area contributed by atoms with Gasteiger partial charge in [-0.2, -0.15) is 0 Å². The van der Waals surface area contributed by atoms with Gasteiger partial charge in [-0.05, 0) is 24.8 Å². The summed E-state index contributed by atoms with van der Waals surface area (Å²) < 4.78 is 5.49. The van der Waals surface area contributed by atoms with Gasteiger partial charge in [0.25, 0.3) is 0 Å². The van der Waals surface area contributed by atoms with Crippen molar-refractivity contribution in [2.45, 2.75) is 38.0 Å². The molecule has 2 atom stereocenters. The van der Waals surface area contributed by atoms with E-state index in [1.165, 1.54) is 4.90 Å². The summed E-state index contributed by atoms with van der Waals surface area (Å²) in [6.45, 7) is 0.921. The molecule has 2 rings (SSSR count). The van der Waals surface area contributed by atoms with Gasteiger partial charge in [0, 0.05) is 13.1 Å². The van der Waals surface area contributed by atoms with Crippen LogP contribution in [0.1, 0.15) is 24.8 Å². The summed E-state index contributed by atoms with van der Waals surface area (Å²) in [7, 11) is 1.69. The molecule has 5 heteroatoms. The molecule has 2 amide bonds. The number of aliphatic hydroxyl groups excluding tert-OH is 1. The van der Waals surface area contributed by atoms with E-state index in [-0.39, 0.29) is 25.2 Å². The molecule has 0 bridgehead atoms. The Morgan fingerprint density at radius 3 is 2.87 bits per heavy atom. The van der Waals surface area contributed by atoms with Crippen LogP contribution >= 0.6 is 0 Å². The van der Waals surface area contributed by atoms with Crippen molar-refractivity contribution >= 4 is 6.03 Å². The Hall–Kier alpha value is -1.85. The highest BCUT2D eigenvalue weighted by Crippen LogP contribution is 2.10. The van der Waals surface area contributed by atoms with Gasteiger partial charge in [-0.25, -0.2) is 4.79 Å². The number of aliphatic hydroxyl groups is 1. The van der Waals surface area contributed by atoms with E-state index in [1.807, 2.05) is 30.3 Å². The average molecular weight is 318 g/mol. The number of hydrogen-bond donors (Lipinski definition) is 2. The number of rotatable bonds is 7. The van der Waals surface area contributed by atoms with E-state index in [0.29, 0.717) is 6.61 Å². The summed E-state index contributed by atoms with van der Waals surface area (Å²) in [6.07, 6.45) is 6.40. The molecular weight excluding hydrogens is 292 g/mol. The van der Waals surface area contributed by atoms with Crippen LogP contribution in [-0.2, 0) is 11.3 Å². The molecule has 0 saturated carbocycles. The zero-order valence-electron chi connectivity index (χ0n) is 13.6. The molecular formula is C18H26N2O3. The van der Waals surface area contributed by atoms with Gasteiger partial charge in [-0.15, -0.1) is 0 Å². The number of allylic oxidation sites excluding steroid dienone is 1. The van der Waals surface area contributed by atoms with Crippen molar-refractivity contribution in [1.82, 2.24) is 10.2 Å². The molecule has 5 nitrogen and oxygen atoms in total. The third-order valence-corrected chi connectivity index (χ3v) is 3.85. The van der Waals surface area contributed by atoms with Crippen molar-refractivity contribution < 1.29 is 14.6 Å². The van der Waals surface area contributed by atoms with Gasteiger partial charge in [0.1, 0.15) is 0 Å². The van der Waals surface area contributed by atoms with Crippen molar-refractivity contribution in [2.24, 2.45) is 0 Å². The minimum atomic E-state index is -0.694. The molecule has 0 aromatic heterocycles. The summed E-state index contributed by atoms with van der Waals surface area (Å²) in [5.74, 6) is 0. The normalized spacial score (nSPS) is 18.4. The van der Waals surface area contributed by atoms with Crippen LogP contribution in [0.4, 0.5) is 4.79 Å². The number of carbonyl (C=O) groups excluding carboxylic acids is 1. The first-order chi connectivity index (χ1) is 11.1. The Morgan fingerprint density at radius 1 is 1.39 bits per heavy atom. The molecule has 0 aliphatic heterocycles. The summed E-state index contributed by atoms with van der Waals surface area (Å²) in [5.41, 5.74) is 1.07. The number of nitrogens with one attached hydrogen (secondary N) is 1. The fraction of sp³-hybridized carbons (Fsp3) is 0.500. The fourth-order valence-corrected chi connectivity index (χ4v) is 2.55. The van der Waals surface area contributed by atoms with Crippen molar-refractivity contribution in [3.63, 3.8) is 0 Å². The summed E-state index contributed by atoms with van der Waals surface area (Å²) in [6, 6.07) is 9.86. The molecule has 1 aromatic carbocycles. The number of nitrogens with zero attached hydrogens (tertiary/aromatic N) is 1. The first kappa shape index (κ1) is 17.5. The fourth-order valence-electron chi connectivity index (χ4n) is 2.55. The van der Waals surface area contributed by atoms with Gasteiger partial charge in [-0.1, -0.05) is 42.5 Å². The maximum atomic E-state index is 12.1. The lowest BCUT2D eigenvalue weighted by atomic mass is 10.0. The average Bonchev–Trinajstić information content (AvgIpc) is 2.56. The molecule has 1 aliphatic carbocycles. The second kappa shape index (κ2) is 9.33. The van der Waals surface area contributed by atoms with Gasteiger partial charge < -0.3 is 20.1 Å². The standard InChI is InChI=1S/C18H26N2O3/c1-20(18(22)19-16-10-6-3-7-11-16)12-17(21)14-23-13-15-8-4-2-5-9-15/h2-6,8-9,16-17,21H,7,10-14H2,1H3,(H,19,22). The highest BCUT2D eigenvalue weighted by atomic mass is 16.5. The van der Waals surface area contributed by atoms with Crippen LogP contribution < -0.4 is 5.32 Å². The number of likely N-dealkylation sites (N-methyl/N-ethyl adjacent to an activating group) is 1. The molecule has 0 fully saturated rings. The van der Waals surface area contributed by atoms with Crippen LogP contribution in [0.15, 0.2) is 42.5 Å². The first-order valence-corrected chi connectivity index (χ1v) is 8.11. The van der Waals surface area contributed by atoms with Crippen LogP contribution in [0.3, 0.4) is 0 Å². The van der Waals surface area contributed by atoms with E-state index >= 15 is 0 Å². The van der Waals surface area contributed by atoms with Crippen LogP contribution in [0, 0.1) is 0 Å². The lowest BCUT2D eigenvalue weighted by Gasteiger charge is -2.25. The second-order valence-corrected chi connectivity index (χ2v) is 5.97. The highest BCUT2D eigenvalue weighted by molar-refractivity contribution is 5.74. The predicted octanol–water partition coefficient (Wildman–Crippen LogP) is 2.31. The van der Waals surface area contributed by atoms with E-state index in [9.17, 15) is 9.90 Å². The molecule has 2 unspecified atom stereocenters. The molecule has 1 aliphatic rings. The Morgan fingerprint density at radius 2 is 2.17 bits per heavy atom. The van der Waals surface area contributed by atoms with E-state index < -0.39 is 6.10 Å². The second-order valence-electron chi connectivity index (χ2n) is 5.97. The minimum Gasteiger partial charge on any atom is -0.389 e. The molecule has 0 radical (unpaired) electrons. The quantitative estimate of drug-likeness (QED) is 0.759. The highest BCUT2D eigenvalue weighted by Gasteiger charge is 2.18. The molecule has 0 spiro atoms. The van der Waals surface area contributed by atoms with Crippen LogP contribution in [0.25, 0.3) is 0 Å². The molecule has 0 saturated heterocycles. The Bertz CT molecular complexity index is 504. The predicted molar refractivity (Wildman–Crippen MR) is 90.0 cm³/mol. The number of amides is 2. The largest absolute Gasteiger partial charge is 0.389 e. The number of ether oxygens (including phenoxy) is 1. The Kier molecular flexibility index (Phi) is 7.10. The van der Waals surface area contributed by atoms with E-state index in [1.54, 1.807) is 7.05 Å². The molecule has 23 heavy (non-hydrogen) atoms. The van der Waals surface area contributed by atoms with Crippen LogP contribution in [0.5, 0.6) is 0 Å². The topological polar surface area (TPSA) is 61.8 Å². The van der Waals surface area contributed by atoms with Gasteiger partial charge in [0.2, 0.25) is 0 Å². The van der Waals surface area contributed by atoms with Crippen molar-refractivity contribution in [3.8, 4) is 0 Å². The Labute approximate surface area is 137 Å². The first-order valence-electron chi connectivity index (χ1n) is 8.11. The molecule has 2 N–H and O–H groups in total. The van der Waals surface area contributed by atoms with E-state index in [0.717, 1.165) is 24.8 Å². The smallest absolute Gasteiger partial charge is 0.317 e. The van der Waals surface area contributed by atoms with E-state index in [4.69, 9.17) is 4.74 Å². The van der Waals surface area contributed by atoms with Crippen molar-refractivity contribution in [3.05, 3.63) is 48.0 Å². The molecule has 1 aromatic rings. The lowest BCUT2D eigenvalue weighted by molar-refractivity contribution is 0.0180. The summed E-state index contributed by atoms with van der Waals surface area (Å²) >= 11 is 0. The van der Waals surface area contributed by atoms with Gasteiger partial charge in [-0.3, -0.25) is 0 Å². The SMILES string of the molecule is CN(CC(O)COCc1ccccc1)C(=O)NC1CC=CCC1. The molecule has 126 valence electrons. The number of benzene rings is 1. The maximum Gasteiger partial charge on any atom is 0.317 e. The van der Waals surface area contributed by atoms with Gasteiger partial charge >= 0.3 is 6.03 Å². The minimum absolute atomic E-state index is 0.146. The van der Waals surface area contributed by atoms with Crippen molar-refractivity contribution in [2.75, 3.05) is 20.2 Å². The number of hydrogen-bond acceptors (Lipinski definition) is 3. The van der Waals surface area contributed by atoms with Gasteiger partial charge in [0.15, 0.2) is 0 Å². The number of carbonyl (C=O) groups is 1. The zero-order valence-corrected chi connectivity index (χ0v) is 13.6. The third-order valence-electron chi connectivity index (χ3n) is 3.85. The third kappa shape index (κ3) is 6.42. The van der Waals surface area contributed by atoms with Crippen molar-refractivity contribution in [1.29, 1.82) is 0 Å². The Balaban J connectivity index is 1.64. The summed E-state index contributed by atoms with van der Waals surface area (Å²) in [4.78, 5) is 13.6. The monoisotopic (exact) mass is 318 g/mol. The zero-order chi connectivity index (χ0) is 16.5. The van der Waals surface area contributed by atoms with Gasteiger partial charge in [0.05, 0.1) is 25.9 Å². The molecule has 0 heterocycles. The number of urea groups is 1. The van der Waals surface area contributed by atoms with Crippen LogP contribution in [-0.4, -0.2) is 48.4 Å². The lowest BCUT2D eigenvalue weighted by Crippen LogP contribution is -2.46. The van der Waals surface area contributed by atoms with E-state index in [2.05, 4.69) is 17.5 Å². The maximum absolute atomic E-state index is 12.1. The van der Waals surface area contributed by atoms with Crippen LogP contribution in [0.2, 0.25) is 0 Å². The summed E-state index contributed by atoms with van der Waals surface area (Å²) in [5, 5.41) is 13.0.